The molecule has 0 N–H and O–H groups in total. The monoisotopic (exact) mass is 340 g/mol. The Morgan fingerprint density at radius 3 is 2.45 bits per heavy atom. The summed E-state index contributed by atoms with van der Waals surface area (Å²) in [5.74, 6) is 0.330. The number of rotatable bonds is 7. The molecule has 0 amide bonds. The first-order chi connectivity index (χ1) is 9.63. The van der Waals surface area contributed by atoms with Gasteiger partial charge in [0.25, 0.3) is 0 Å². The molecule has 0 atom stereocenters. The minimum absolute atomic E-state index is 0.277. The van der Waals surface area contributed by atoms with Gasteiger partial charge in [0.15, 0.2) is 0 Å². The highest BCUT2D eigenvalue weighted by atomic mass is 79.9. The number of carbonyl (C=O) groups excluding carboxylic acids is 2. The van der Waals surface area contributed by atoms with Crippen LogP contribution in [0.15, 0.2) is 29.8 Å². The summed E-state index contributed by atoms with van der Waals surface area (Å²) < 4.78 is 10.8. The van der Waals surface area contributed by atoms with Crippen molar-refractivity contribution >= 4 is 32.7 Å². The van der Waals surface area contributed by atoms with Crippen molar-refractivity contribution in [2.75, 3.05) is 13.7 Å². The lowest BCUT2D eigenvalue weighted by atomic mass is 10.1. The van der Waals surface area contributed by atoms with E-state index in [1.165, 1.54) is 0 Å². The van der Waals surface area contributed by atoms with Gasteiger partial charge >= 0.3 is 5.97 Å². The second kappa shape index (κ2) is 8.53. The van der Waals surface area contributed by atoms with E-state index in [-0.39, 0.29) is 6.42 Å². The Morgan fingerprint density at radius 1 is 1.30 bits per heavy atom. The maximum atomic E-state index is 11.9. The Hall–Kier alpha value is -1.62. The van der Waals surface area contributed by atoms with Crippen LogP contribution >= 0.6 is 15.9 Å². The van der Waals surface area contributed by atoms with Gasteiger partial charge in [-0.2, -0.15) is 0 Å². The van der Waals surface area contributed by atoms with Crippen molar-refractivity contribution in [2.24, 2.45) is 0 Å². The summed E-state index contributed by atoms with van der Waals surface area (Å²) in [4.78, 5) is 22.5. The van der Waals surface area contributed by atoms with E-state index in [0.717, 1.165) is 17.6 Å². The Kier molecular flexibility index (Phi) is 7.01. The van der Waals surface area contributed by atoms with Crippen LogP contribution in [0.1, 0.15) is 25.3 Å². The molecule has 0 fully saturated rings. The fraction of sp³-hybridized carbons (Fsp3) is 0.333. The number of carbonyl (C=O) groups is 2. The summed E-state index contributed by atoms with van der Waals surface area (Å²) in [6.45, 7) is 2.04. The first-order valence-electron chi connectivity index (χ1n) is 6.27. The van der Waals surface area contributed by atoms with E-state index in [2.05, 4.69) is 15.9 Å². The minimum Gasteiger partial charge on any atom is -0.497 e. The van der Waals surface area contributed by atoms with Crippen LogP contribution in [0.3, 0.4) is 0 Å². The lowest BCUT2D eigenvalue weighted by molar-refractivity contribution is -0.138. The molecule has 0 saturated heterocycles. The molecule has 0 saturated carbocycles. The van der Waals surface area contributed by atoms with E-state index in [1.54, 1.807) is 26.2 Å². The van der Waals surface area contributed by atoms with Crippen molar-refractivity contribution in [3.05, 3.63) is 35.4 Å². The van der Waals surface area contributed by atoms with Gasteiger partial charge in [0.05, 0.1) is 19.3 Å². The highest BCUT2D eigenvalue weighted by molar-refractivity contribution is 9.15. The van der Waals surface area contributed by atoms with Crippen LogP contribution in [0.2, 0.25) is 0 Å². The highest BCUT2D eigenvalue weighted by Gasteiger charge is 2.16. The normalized spacial score (nSPS) is 11.6. The van der Waals surface area contributed by atoms with Crippen LogP contribution in [-0.2, 0) is 14.3 Å². The molecular weight excluding hydrogens is 324 g/mol. The number of hydrogen-bond donors (Lipinski definition) is 0. The smallest absolute Gasteiger partial charge is 0.335 e. The van der Waals surface area contributed by atoms with Crippen LogP contribution in [0.5, 0.6) is 5.75 Å². The van der Waals surface area contributed by atoms with Crippen molar-refractivity contribution in [1.82, 2.24) is 0 Å². The zero-order valence-electron chi connectivity index (χ0n) is 11.5. The number of benzene rings is 1. The summed E-state index contributed by atoms with van der Waals surface area (Å²) in [6.07, 6.45) is 1.40. The zero-order valence-corrected chi connectivity index (χ0v) is 13.1. The zero-order chi connectivity index (χ0) is 15.0. The third-order valence-corrected chi connectivity index (χ3v) is 3.58. The summed E-state index contributed by atoms with van der Waals surface area (Å²) >= 11 is 3.42. The molecule has 0 aliphatic heterocycles. The standard InChI is InChI=1S/C15H17BrO4/c1-3-20-15(18)13(5-4-10-17)14(16)11-6-8-12(19-2)9-7-11/h6-10H,3-5H2,1-2H3/b14-13-. The van der Waals surface area contributed by atoms with Gasteiger partial charge in [0.2, 0.25) is 0 Å². The molecule has 1 aromatic carbocycles. The molecule has 1 rings (SSSR count). The first kappa shape index (κ1) is 16.4. The van der Waals surface area contributed by atoms with Gasteiger partial charge in [-0.15, -0.1) is 0 Å². The molecule has 20 heavy (non-hydrogen) atoms. The van der Waals surface area contributed by atoms with Gasteiger partial charge in [0, 0.05) is 10.9 Å². The summed E-state index contributed by atoms with van der Waals surface area (Å²) in [7, 11) is 1.59. The summed E-state index contributed by atoms with van der Waals surface area (Å²) in [5.41, 5.74) is 1.30. The first-order valence-corrected chi connectivity index (χ1v) is 7.07. The number of ether oxygens (including phenoxy) is 2. The van der Waals surface area contributed by atoms with E-state index in [1.807, 2.05) is 12.1 Å². The average Bonchev–Trinajstić information content (AvgIpc) is 2.48. The highest BCUT2D eigenvalue weighted by Crippen LogP contribution is 2.29. The predicted molar refractivity (Wildman–Crippen MR) is 80.8 cm³/mol. The molecule has 0 radical (unpaired) electrons. The fourth-order valence-electron chi connectivity index (χ4n) is 1.63. The summed E-state index contributed by atoms with van der Waals surface area (Å²) in [5, 5.41) is 0. The van der Waals surface area contributed by atoms with Crippen LogP contribution < -0.4 is 4.74 Å². The van der Waals surface area contributed by atoms with Gasteiger partial charge in [0.1, 0.15) is 12.0 Å². The van der Waals surface area contributed by atoms with Crippen molar-refractivity contribution < 1.29 is 19.1 Å². The molecule has 0 unspecified atom stereocenters. The molecule has 0 bridgehead atoms. The van der Waals surface area contributed by atoms with Crippen molar-refractivity contribution in [3.8, 4) is 5.75 Å². The Bertz CT molecular complexity index is 491. The number of methoxy groups -OCH3 is 1. The molecule has 0 aliphatic carbocycles. The van der Waals surface area contributed by atoms with E-state index in [4.69, 9.17) is 9.47 Å². The number of hydrogen-bond acceptors (Lipinski definition) is 4. The third kappa shape index (κ3) is 4.49. The Labute approximate surface area is 126 Å². The van der Waals surface area contributed by atoms with Crippen molar-refractivity contribution in [3.63, 3.8) is 0 Å². The lowest BCUT2D eigenvalue weighted by Crippen LogP contribution is -2.09. The minimum atomic E-state index is -0.406. The molecule has 0 heterocycles. The predicted octanol–water partition coefficient (Wildman–Crippen LogP) is 3.34. The number of halogens is 1. The van der Waals surface area contributed by atoms with Gasteiger partial charge in [-0.3, -0.25) is 0 Å². The molecule has 108 valence electrons. The number of esters is 1. The van der Waals surface area contributed by atoms with E-state index < -0.39 is 5.97 Å². The quantitative estimate of drug-likeness (QED) is 0.434. The van der Waals surface area contributed by atoms with Crippen LogP contribution in [0.25, 0.3) is 4.48 Å². The van der Waals surface area contributed by atoms with Crippen LogP contribution in [-0.4, -0.2) is 26.0 Å². The Morgan fingerprint density at radius 2 is 1.95 bits per heavy atom. The van der Waals surface area contributed by atoms with E-state index in [0.29, 0.717) is 23.1 Å². The van der Waals surface area contributed by atoms with Gasteiger partial charge < -0.3 is 14.3 Å². The molecule has 0 spiro atoms. The third-order valence-electron chi connectivity index (χ3n) is 2.64. The number of aldehydes is 1. The molecule has 0 aromatic heterocycles. The van der Waals surface area contributed by atoms with E-state index >= 15 is 0 Å². The summed E-state index contributed by atoms with van der Waals surface area (Å²) in [6, 6.07) is 7.28. The SMILES string of the molecule is CCOC(=O)/C(CCC=O)=C(\Br)c1ccc(OC)cc1. The molecule has 4 nitrogen and oxygen atoms in total. The van der Waals surface area contributed by atoms with Crippen LogP contribution in [0, 0.1) is 0 Å². The largest absolute Gasteiger partial charge is 0.497 e. The maximum absolute atomic E-state index is 11.9. The van der Waals surface area contributed by atoms with E-state index in [9.17, 15) is 9.59 Å². The van der Waals surface area contributed by atoms with Gasteiger partial charge in [-0.1, -0.05) is 12.1 Å². The molecule has 0 aliphatic rings. The topological polar surface area (TPSA) is 52.6 Å². The van der Waals surface area contributed by atoms with Crippen molar-refractivity contribution in [2.45, 2.75) is 19.8 Å². The second-order valence-electron chi connectivity index (χ2n) is 3.95. The van der Waals surface area contributed by atoms with Crippen molar-refractivity contribution in [1.29, 1.82) is 0 Å². The van der Waals surface area contributed by atoms with Gasteiger partial charge in [-0.25, -0.2) is 4.79 Å². The Balaban J connectivity index is 3.09. The van der Waals surface area contributed by atoms with Gasteiger partial charge in [-0.05, 0) is 47.0 Å². The molecule has 5 heteroatoms. The molecule has 1 aromatic rings. The molecular formula is C15H17BrO4. The second-order valence-corrected chi connectivity index (χ2v) is 4.74. The maximum Gasteiger partial charge on any atom is 0.335 e. The van der Waals surface area contributed by atoms with Crippen LogP contribution in [0.4, 0.5) is 0 Å². The lowest BCUT2D eigenvalue weighted by Gasteiger charge is -2.10. The average molecular weight is 341 g/mol. The fourth-order valence-corrected chi connectivity index (χ4v) is 2.26.